The Bertz CT molecular complexity index is 147. The second kappa shape index (κ2) is 5.09. The quantitative estimate of drug-likeness (QED) is 0.508. The van der Waals surface area contributed by atoms with Crippen molar-refractivity contribution < 1.29 is 10.0 Å². The van der Waals surface area contributed by atoms with E-state index in [1.807, 2.05) is 6.92 Å². The van der Waals surface area contributed by atoms with Crippen LogP contribution in [0.5, 0.6) is 0 Å². The number of hydrogen-bond acceptors (Lipinski definition) is 3. The molecule has 0 aromatic carbocycles. The zero-order chi connectivity index (χ0) is 9.72. The number of aliphatic hydroxyl groups excluding tert-OH is 1. The van der Waals surface area contributed by atoms with Crippen LogP contribution in [-0.4, -0.2) is 22.2 Å². The summed E-state index contributed by atoms with van der Waals surface area (Å²) < 4.78 is 0. The Hall–Kier alpha value is -0.640. The Morgan fingerprint density at radius 1 is 1.50 bits per heavy atom. The predicted octanol–water partition coefficient (Wildman–Crippen LogP) is 1.45. The zero-order valence-corrected chi connectivity index (χ0v) is 7.86. The van der Waals surface area contributed by atoms with Crippen LogP contribution in [0.15, 0.2) is 0 Å². The Balaban J connectivity index is 4.05. The molecule has 3 atom stereocenters. The van der Waals surface area contributed by atoms with Gasteiger partial charge >= 0.3 is 0 Å². The molecule has 0 bridgehead atoms. The molecule has 0 fully saturated rings. The highest BCUT2D eigenvalue weighted by molar-refractivity contribution is 4.66. The van der Waals surface area contributed by atoms with Gasteiger partial charge in [-0.2, -0.15) is 0 Å². The molecular weight excluding hydrogens is 158 g/mol. The van der Waals surface area contributed by atoms with Gasteiger partial charge in [0.15, 0.2) is 0 Å². The Morgan fingerprint density at radius 3 is 2.25 bits per heavy atom. The summed E-state index contributed by atoms with van der Waals surface area (Å²) in [5.41, 5.74) is 0. The first-order valence-electron chi connectivity index (χ1n) is 4.30. The van der Waals surface area contributed by atoms with E-state index >= 15 is 0 Å². The second-order valence-corrected chi connectivity index (χ2v) is 3.28. The van der Waals surface area contributed by atoms with Gasteiger partial charge in [0.05, 0.1) is 6.10 Å². The van der Waals surface area contributed by atoms with Gasteiger partial charge in [-0.1, -0.05) is 6.92 Å². The molecule has 0 aromatic heterocycles. The molecule has 0 amide bonds. The molecule has 4 nitrogen and oxygen atoms in total. The van der Waals surface area contributed by atoms with E-state index in [1.54, 1.807) is 13.8 Å². The van der Waals surface area contributed by atoms with Crippen molar-refractivity contribution in [3.8, 4) is 0 Å². The van der Waals surface area contributed by atoms with Gasteiger partial charge in [-0.15, -0.1) is 0 Å². The molecule has 0 aromatic rings. The fraction of sp³-hybridized carbons (Fsp3) is 1.00. The first-order valence-corrected chi connectivity index (χ1v) is 4.30. The molecule has 3 unspecified atom stereocenters. The zero-order valence-electron chi connectivity index (χ0n) is 7.86. The number of nitro groups is 1. The van der Waals surface area contributed by atoms with Crippen molar-refractivity contribution in [2.24, 2.45) is 5.92 Å². The molecule has 0 spiro atoms. The summed E-state index contributed by atoms with van der Waals surface area (Å²) >= 11 is 0. The van der Waals surface area contributed by atoms with E-state index in [0.29, 0.717) is 6.42 Å². The van der Waals surface area contributed by atoms with Crippen LogP contribution < -0.4 is 0 Å². The van der Waals surface area contributed by atoms with E-state index in [9.17, 15) is 10.1 Å². The van der Waals surface area contributed by atoms with Crippen molar-refractivity contribution in [3.63, 3.8) is 0 Å². The number of aliphatic hydroxyl groups is 1. The van der Waals surface area contributed by atoms with Crippen LogP contribution in [0.25, 0.3) is 0 Å². The first-order chi connectivity index (χ1) is 5.49. The van der Waals surface area contributed by atoms with Crippen LogP contribution in [0.1, 0.15) is 33.6 Å². The summed E-state index contributed by atoms with van der Waals surface area (Å²) in [6, 6.07) is -0.551. The van der Waals surface area contributed by atoms with Gasteiger partial charge in [0.1, 0.15) is 0 Å². The standard InChI is InChI=1S/C8H17NO3/c1-4-8(5-6(2)10)7(3)9(11)12/h6-8,10H,4-5H2,1-3H3. The highest BCUT2D eigenvalue weighted by atomic mass is 16.6. The summed E-state index contributed by atoms with van der Waals surface area (Å²) in [4.78, 5) is 10.1. The molecule has 0 aliphatic heterocycles. The van der Waals surface area contributed by atoms with Crippen molar-refractivity contribution in [1.82, 2.24) is 0 Å². The lowest BCUT2D eigenvalue weighted by atomic mass is 9.93. The Labute approximate surface area is 72.7 Å². The Kier molecular flexibility index (Phi) is 4.81. The summed E-state index contributed by atoms with van der Waals surface area (Å²) in [6.45, 7) is 5.17. The van der Waals surface area contributed by atoms with Gasteiger partial charge in [0, 0.05) is 17.8 Å². The molecule has 12 heavy (non-hydrogen) atoms. The molecule has 0 saturated heterocycles. The fourth-order valence-corrected chi connectivity index (χ4v) is 1.31. The van der Waals surface area contributed by atoms with Gasteiger partial charge < -0.3 is 5.11 Å². The second-order valence-electron chi connectivity index (χ2n) is 3.28. The number of hydrogen-bond donors (Lipinski definition) is 1. The van der Waals surface area contributed by atoms with E-state index in [2.05, 4.69) is 0 Å². The summed E-state index contributed by atoms with van der Waals surface area (Å²) in [6.07, 6.45) is 0.809. The highest BCUT2D eigenvalue weighted by Crippen LogP contribution is 2.17. The van der Waals surface area contributed by atoms with E-state index in [-0.39, 0.29) is 10.8 Å². The topological polar surface area (TPSA) is 63.4 Å². The molecule has 0 aliphatic carbocycles. The predicted molar refractivity (Wildman–Crippen MR) is 46.5 cm³/mol. The monoisotopic (exact) mass is 175 g/mol. The molecule has 0 heterocycles. The lowest BCUT2D eigenvalue weighted by molar-refractivity contribution is -0.528. The SMILES string of the molecule is CCC(CC(C)O)C(C)[N+](=O)[O-]. The average molecular weight is 175 g/mol. The summed E-state index contributed by atoms with van der Waals surface area (Å²) in [7, 11) is 0. The largest absolute Gasteiger partial charge is 0.393 e. The summed E-state index contributed by atoms with van der Waals surface area (Å²) in [5.74, 6) is -0.0139. The van der Waals surface area contributed by atoms with Gasteiger partial charge in [-0.05, 0) is 19.8 Å². The maximum atomic E-state index is 10.4. The lowest BCUT2D eigenvalue weighted by Crippen LogP contribution is -2.28. The van der Waals surface area contributed by atoms with E-state index in [4.69, 9.17) is 5.11 Å². The van der Waals surface area contributed by atoms with Crippen LogP contribution in [0.2, 0.25) is 0 Å². The number of rotatable bonds is 5. The average Bonchev–Trinajstić information content (AvgIpc) is 1.98. The number of nitrogens with zero attached hydrogens (tertiary/aromatic N) is 1. The van der Waals surface area contributed by atoms with Gasteiger partial charge in [0.25, 0.3) is 0 Å². The van der Waals surface area contributed by atoms with Crippen molar-refractivity contribution in [3.05, 3.63) is 10.1 Å². The van der Waals surface area contributed by atoms with Gasteiger partial charge in [-0.3, -0.25) is 10.1 Å². The maximum Gasteiger partial charge on any atom is 0.213 e. The smallest absolute Gasteiger partial charge is 0.213 e. The van der Waals surface area contributed by atoms with Crippen LogP contribution in [0.4, 0.5) is 0 Å². The van der Waals surface area contributed by atoms with E-state index < -0.39 is 12.1 Å². The minimum Gasteiger partial charge on any atom is -0.393 e. The minimum absolute atomic E-state index is 0.0139. The maximum absolute atomic E-state index is 10.4. The fourth-order valence-electron chi connectivity index (χ4n) is 1.31. The Morgan fingerprint density at radius 2 is 2.00 bits per heavy atom. The van der Waals surface area contributed by atoms with Gasteiger partial charge in [-0.25, -0.2) is 0 Å². The molecule has 0 radical (unpaired) electrons. The normalized spacial score (nSPS) is 18.3. The molecule has 72 valence electrons. The van der Waals surface area contributed by atoms with Gasteiger partial charge in [0.2, 0.25) is 6.04 Å². The molecular formula is C8H17NO3. The summed E-state index contributed by atoms with van der Waals surface area (Å²) in [5, 5.41) is 19.5. The molecule has 0 saturated carbocycles. The first kappa shape index (κ1) is 11.4. The van der Waals surface area contributed by atoms with Crippen LogP contribution in [0.3, 0.4) is 0 Å². The third-order valence-electron chi connectivity index (χ3n) is 2.18. The van der Waals surface area contributed by atoms with Crippen molar-refractivity contribution >= 4 is 0 Å². The highest BCUT2D eigenvalue weighted by Gasteiger charge is 2.25. The molecule has 1 N–H and O–H groups in total. The van der Waals surface area contributed by atoms with Crippen molar-refractivity contribution in [2.75, 3.05) is 0 Å². The molecule has 0 rings (SSSR count). The van der Waals surface area contributed by atoms with Crippen LogP contribution in [0, 0.1) is 16.0 Å². The lowest BCUT2D eigenvalue weighted by Gasteiger charge is -2.17. The molecule has 4 heteroatoms. The van der Waals surface area contributed by atoms with Crippen LogP contribution >= 0.6 is 0 Å². The van der Waals surface area contributed by atoms with Crippen molar-refractivity contribution in [2.45, 2.75) is 45.8 Å². The third kappa shape index (κ3) is 3.67. The minimum atomic E-state index is -0.551. The van der Waals surface area contributed by atoms with E-state index in [0.717, 1.165) is 6.42 Å². The van der Waals surface area contributed by atoms with E-state index in [1.165, 1.54) is 0 Å². The third-order valence-corrected chi connectivity index (χ3v) is 2.18. The van der Waals surface area contributed by atoms with Crippen LogP contribution in [-0.2, 0) is 0 Å². The molecule has 0 aliphatic rings. The van der Waals surface area contributed by atoms with Crippen molar-refractivity contribution in [1.29, 1.82) is 0 Å².